The monoisotopic (exact) mass is 316 g/mol. The van der Waals surface area contributed by atoms with Crippen LogP contribution in [0.4, 0.5) is 19.0 Å². The third kappa shape index (κ3) is 3.69. The Morgan fingerprint density at radius 1 is 1.09 bits per heavy atom. The molecule has 0 aromatic carbocycles. The fourth-order valence-electron chi connectivity index (χ4n) is 2.86. The first-order valence-corrected chi connectivity index (χ1v) is 7.54. The van der Waals surface area contributed by atoms with Gasteiger partial charge in [-0.3, -0.25) is 0 Å². The molecular weight excluding hydrogens is 293 g/mol. The van der Waals surface area contributed by atoms with Gasteiger partial charge in [0, 0.05) is 30.4 Å². The molecule has 0 bridgehead atoms. The predicted octanol–water partition coefficient (Wildman–Crippen LogP) is 3.03. The number of rotatable bonds is 2. The van der Waals surface area contributed by atoms with Gasteiger partial charge in [0.15, 0.2) is 0 Å². The molecule has 124 valence electrons. The molecule has 1 aromatic rings. The number of nitrogens with zero attached hydrogens (tertiary/aromatic N) is 4. The molecule has 1 aliphatic rings. The summed E-state index contributed by atoms with van der Waals surface area (Å²) in [6.45, 7) is 4.85. The molecule has 2 heterocycles. The number of alkyl halides is 3. The Balaban J connectivity index is 2.30. The molecule has 0 amide bonds. The summed E-state index contributed by atoms with van der Waals surface area (Å²) in [5, 5.41) is 0. The highest BCUT2D eigenvalue weighted by Crippen LogP contribution is 2.31. The van der Waals surface area contributed by atoms with Crippen molar-refractivity contribution in [2.75, 3.05) is 32.1 Å². The third-order valence-electron chi connectivity index (χ3n) is 4.34. The Morgan fingerprint density at radius 2 is 1.77 bits per heavy atom. The van der Waals surface area contributed by atoms with Crippen molar-refractivity contribution in [2.24, 2.45) is 0 Å². The first kappa shape index (κ1) is 17.0. The van der Waals surface area contributed by atoms with Gasteiger partial charge in [-0.15, -0.1) is 0 Å². The zero-order chi connectivity index (χ0) is 16.5. The van der Waals surface area contributed by atoms with Crippen molar-refractivity contribution in [3.63, 3.8) is 0 Å². The average molecular weight is 316 g/mol. The summed E-state index contributed by atoms with van der Waals surface area (Å²) in [4.78, 5) is 11.6. The van der Waals surface area contributed by atoms with Crippen LogP contribution in [0.1, 0.15) is 36.3 Å². The maximum absolute atomic E-state index is 12.9. The lowest BCUT2D eigenvalue weighted by Crippen LogP contribution is -2.31. The van der Waals surface area contributed by atoms with Crippen LogP contribution in [0.5, 0.6) is 0 Å². The van der Waals surface area contributed by atoms with Crippen LogP contribution < -0.4 is 4.90 Å². The SMILES string of the molecule is Cc1nc(C(F)(F)F)nc(N2CCC[C@H](N(C)C)CC2)c1C. The molecule has 0 radical (unpaired) electrons. The van der Waals surface area contributed by atoms with Gasteiger partial charge < -0.3 is 9.80 Å². The molecule has 22 heavy (non-hydrogen) atoms. The van der Waals surface area contributed by atoms with Crippen molar-refractivity contribution in [1.82, 2.24) is 14.9 Å². The van der Waals surface area contributed by atoms with E-state index in [1.165, 1.54) is 0 Å². The highest BCUT2D eigenvalue weighted by atomic mass is 19.4. The van der Waals surface area contributed by atoms with E-state index in [9.17, 15) is 13.2 Å². The lowest BCUT2D eigenvalue weighted by Gasteiger charge is -2.26. The van der Waals surface area contributed by atoms with E-state index in [4.69, 9.17) is 0 Å². The minimum Gasteiger partial charge on any atom is -0.356 e. The van der Waals surface area contributed by atoms with Crippen molar-refractivity contribution >= 4 is 5.82 Å². The van der Waals surface area contributed by atoms with Crippen molar-refractivity contribution < 1.29 is 13.2 Å². The fraction of sp³-hybridized carbons (Fsp3) is 0.733. The zero-order valence-corrected chi connectivity index (χ0v) is 13.5. The fourth-order valence-corrected chi connectivity index (χ4v) is 2.86. The Morgan fingerprint density at radius 3 is 2.36 bits per heavy atom. The predicted molar refractivity (Wildman–Crippen MR) is 80.0 cm³/mol. The largest absolute Gasteiger partial charge is 0.451 e. The number of aromatic nitrogens is 2. The van der Waals surface area contributed by atoms with Gasteiger partial charge in [-0.2, -0.15) is 13.2 Å². The summed E-state index contributed by atoms with van der Waals surface area (Å²) in [6, 6.07) is 0.468. The molecule has 1 fully saturated rings. The van der Waals surface area contributed by atoms with Crippen LogP contribution in [0.3, 0.4) is 0 Å². The molecule has 0 N–H and O–H groups in total. The van der Waals surface area contributed by atoms with Gasteiger partial charge in [-0.25, -0.2) is 9.97 Å². The van der Waals surface area contributed by atoms with E-state index in [0.29, 0.717) is 17.6 Å². The quantitative estimate of drug-likeness (QED) is 0.839. The van der Waals surface area contributed by atoms with E-state index < -0.39 is 12.0 Å². The maximum atomic E-state index is 12.9. The molecule has 1 atom stereocenters. The van der Waals surface area contributed by atoms with E-state index in [2.05, 4.69) is 14.9 Å². The number of aryl methyl sites for hydroxylation is 1. The smallest absolute Gasteiger partial charge is 0.356 e. The Labute approximate surface area is 129 Å². The van der Waals surface area contributed by atoms with Crippen molar-refractivity contribution in [3.05, 3.63) is 17.1 Å². The van der Waals surface area contributed by atoms with Crippen LogP contribution in [0.2, 0.25) is 0 Å². The van der Waals surface area contributed by atoms with E-state index in [1.54, 1.807) is 13.8 Å². The minimum atomic E-state index is -4.51. The summed E-state index contributed by atoms with van der Waals surface area (Å²) in [5.41, 5.74) is 1.13. The minimum absolute atomic E-state index is 0.394. The van der Waals surface area contributed by atoms with Crippen molar-refractivity contribution in [1.29, 1.82) is 0 Å². The average Bonchev–Trinajstić information content (AvgIpc) is 2.66. The second-order valence-electron chi connectivity index (χ2n) is 6.11. The number of anilines is 1. The molecule has 0 spiro atoms. The molecule has 0 aliphatic carbocycles. The Hall–Kier alpha value is -1.37. The standard InChI is InChI=1S/C15H23F3N4/c1-10-11(2)19-14(15(16,17)18)20-13(10)22-8-5-6-12(7-9-22)21(3)4/h12H,5-9H2,1-4H3/t12-/m0/s1. The highest BCUT2D eigenvalue weighted by molar-refractivity contribution is 5.48. The van der Waals surface area contributed by atoms with Gasteiger partial charge in [-0.1, -0.05) is 0 Å². The van der Waals surface area contributed by atoms with Gasteiger partial charge >= 0.3 is 6.18 Å². The third-order valence-corrected chi connectivity index (χ3v) is 4.34. The van der Waals surface area contributed by atoms with Crippen LogP contribution >= 0.6 is 0 Å². The number of hydrogen-bond donors (Lipinski definition) is 0. The summed E-state index contributed by atoms with van der Waals surface area (Å²) in [5.74, 6) is -0.613. The van der Waals surface area contributed by atoms with E-state index in [-0.39, 0.29) is 0 Å². The molecular formula is C15H23F3N4. The van der Waals surface area contributed by atoms with Gasteiger partial charge in [0.05, 0.1) is 0 Å². The van der Waals surface area contributed by atoms with Crippen LogP contribution in [0, 0.1) is 13.8 Å². The summed E-state index contributed by atoms with van der Waals surface area (Å²) in [6.07, 6.45) is -1.58. The first-order valence-electron chi connectivity index (χ1n) is 7.54. The molecule has 1 saturated heterocycles. The summed E-state index contributed by atoms with van der Waals surface area (Å²) < 4.78 is 38.8. The van der Waals surface area contributed by atoms with Gasteiger partial charge in [0.1, 0.15) is 5.82 Å². The summed E-state index contributed by atoms with van der Waals surface area (Å²) in [7, 11) is 4.09. The van der Waals surface area contributed by atoms with Gasteiger partial charge in [0.2, 0.25) is 5.82 Å². The summed E-state index contributed by atoms with van der Waals surface area (Å²) >= 11 is 0. The van der Waals surface area contributed by atoms with E-state index >= 15 is 0 Å². The highest BCUT2D eigenvalue weighted by Gasteiger charge is 2.36. The maximum Gasteiger partial charge on any atom is 0.451 e. The Kier molecular flexibility index (Phi) is 4.94. The molecule has 2 rings (SSSR count). The van der Waals surface area contributed by atoms with Gasteiger partial charge in [0.25, 0.3) is 0 Å². The van der Waals surface area contributed by atoms with Gasteiger partial charge in [-0.05, 0) is 47.2 Å². The second kappa shape index (κ2) is 6.40. The second-order valence-corrected chi connectivity index (χ2v) is 6.11. The normalized spacial score (nSPS) is 20.4. The lowest BCUT2D eigenvalue weighted by molar-refractivity contribution is -0.145. The van der Waals surface area contributed by atoms with Crippen molar-refractivity contribution in [2.45, 2.75) is 45.3 Å². The molecule has 1 aromatic heterocycles. The zero-order valence-electron chi connectivity index (χ0n) is 13.5. The van der Waals surface area contributed by atoms with Crippen molar-refractivity contribution in [3.8, 4) is 0 Å². The number of hydrogen-bond acceptors (Lipinski definition) is 4. The van der Waals surface area contributed by atoms with Crippen LogP contribution in [-0.4, -0.2) is 48.1 Å². The van der Waals surface area contributed by atoms with E-state index in [0.717, 1.165) is 37.9 Å². The van der Waals surface area contributed by atoms with Crippen LogP contribution in [0.15, 0.2) is 0 Å². The molecule has 1 aliphatic heterocycles. The first-order chi connectivity index (χ1) is 10.2. The topological polar surface area (TPSA) is 32.3 Å². The number of halogens is 3. The van der Waals surface area contributed by atoms with Crippen LogP contribution in [-0.2, 0) is 6.18 Å². The lowest BCUT2D eigenvalue weighted by atomic mass is 10.1. The molecule has 0 unspecified atom stereocenters. The molecule has 7 heteroatoms. The molecule has 0 saturated carbocycles. The van der Waals surface area contributed by atoms with Crippen LogP contribution in [0.25, 0.3) is 0 Å². The molecule has 4 nitrogen and oxygen atoms in total. The van der Waals surface area contributed by atoms with E-state index in [1.807, 2.05) is 19.0 Å². The Bertz CT molecular complexity index is 528.